The summed E-state index contributed by atoms with van der Waals surface area (Å²) in [6.07, 6.45) is 7.58. The van der Waals surface area contributed by atoms with E-state index in [9.17, 15) is 0 Å². The number of aromatic nitrogens is 4. The van der Waals surface area contributed by atoms with Crippen molar-refractivity contribution < 1.29 is 25.5 Å². The van der Waals surface area contributed by atoms with E-state index in [4.69, 9.17) is 4.42 Å². The molecule has 198 valence electrons. The molecule has 0 saturated carbocycles. The first-order valence-electron chi connectivity index (χ1n) is 12.6. The molecule has 0 bridgehead atoms. The number of imidazole rings is 2. The van der Waals surface area contributed by atoms with Crippen LogP contribution in [0.2, 0.25) is 0 Å². The fraction of sp³-hybridized carbons (Fsp3) is 0.0625. The average Bonchev–Trinajstić information content (AvgIpc) is 3.69. The van der Waals surface area contributed by atoms with Gasteiger partial charge >= 0.3 is 21.1 Å². The molecule has 0 radical (unpaired) electrons. The summed E-state index contributed by atoms with van der Waals surface area (Å²) in [5.41, 5.74) is 5.21. The smallest absolute Gasteiger partial charge is 0.564 e. The van der Waals surface area contributed by atoms with Crippen molar-refractivity contribution in [3.8, 4) is 0 Å². The van der Waals surface area contributed by atoms with E-state index < -0.39 is 0 Å². The third-order valence-corrected chi connectivity index (χ3v) is 6.61. The van der Waals surface area contributed by atoms with E-state index in [1.807, 2.05) is 96.3 Å². The van der Waals surface area contributed by atoms with Crippen LogP contribution in [0, 0.1) is 12.1 Å². The van der Waals surface area contributed by atoms with Gasteiger partial charge in [-0.25, -0.2) is 9.97 Å². The molecule has 0 atom stereocenters. The molecule has 0 spiro atoms. The summed E-state index contributed by atoms with van der Waals surface area (Å²) in [5.74, 6) is 1.62. The Labute approximate surface area is 246 Å². The maximum atomic E-state index is 6.21. The van der Waals surface area contributed by atoms with Crippen molar-refractivity contribution >= 4 is 56.3 Å². The van der Waals surface area contributed by atoms with Crippen LogP contribution in [0.1, 0.15) is 0 Å². The van der Waals surface area contributed by atoms with Gasteiger partial charge in [0.2, 0.25) is 0 Å². The molecular weight excluding hydrogens is 679 g/mol. The zero-order chi connectivity index (χ0) is 26.3. The van der Waals surface area contributed by atoms with Crippen LogP contribution in [-0.4, -0.2) is 19.1 Å². The van der Waals surface area contributed by atoms with E-state index >= 15 is 0 Å². The number of hydrogen-bond donors (Lipinski definition) is 0. The zero-order valence-corrected chi connectivity index (χ0v) is 24.1. The number of aryl methyl sites for hydroxylation is 2. The van der Waals surface area contributed by atoms with Gasteiger partial charge in [0.05, 0.1) is 12.7 Å². The van der Waals surface area contributed by atoms with E-state index in [0.717, 1.165) is 56.3 Å². The van der Waals surface area contributed by atoms with Crippen molar-refractivity contribution in [2.45, 2.75) is 0 Å². The monoisotopic (exact) mass is 703 g/mol. The van der Waals surface area contributed by atoms with Crippen molar-refractivity contribution in [3.05, 3.63) is 122 Å². The van der Waals surface area contributed by atoms with Crippen LogP contribution in [-0.2, 0) is 35.2 Å². The Hall–Kier alpha value is -4.61. The maximum absolute atomic E-state index is 6.21. The van der Waals surface area contributed by atoms with Gasteiger partial charge in [-0.05, 0) is 46.8 Å². The normalized spacial score (nSPS) is 11.1. The number of nitrogens with zero attached hydrogens (tertiary/aromatic N) is 6. The zero-order valence-electron chi connectivity index (χ0n) is 21.8. The van der Waals surface area contributed by atoms with Gasteiger partial charge in [0.25, 0.3) is 0 Å². The minimum Gasteiger partial charge on any atom is -0.564 e. The van der Waals surface area contributed by atoms with E-state index in [1.54, 1.807) is 12.7 Å². The molecule has 40 heavy (non-hydrogen) atoms. The second-order valence-electron chi connectivity index (χ2n) is 9.40. The Bertz CT molecular complexity index is 1770. The van der Waals surface area contributed by atoms with E-state index in [2.05, 4.69) is 56.2 Å². The molecule has 3 aromatic heterocycles. The summed E-state index contributed by atoms with van der Waals surface area (Å²) in [6, 6.07) is 35.6. The number of anilines is 6. The number of benzene rings is 4. The molecule has 0 fully saturated rings. The maximum Gasteiger partial charge on any atom is 2.00 e. The second kappa shape index (κ2) is 10.5. The topological polar surface area (TPSA) is 55.3 Å². The van der Waals surface area contributed by atoms with Crippen LogP contribution in [0.5, 0.6) is 0 Å². The summed E-state index contributed by atoms with van der Waals surface area (Å²) in [4.78, 5) is 13.4. The fourth-order valence-corrected chi connectivity index (χ4v) is 4.83. The Morgan fingerprint density at radius 1 is 0.600 bits per heavy atom. The van der Waals surface area contributed by atoms with E-state index in [0.29, 0.717) is 0 Å². The molecule has 7 rings (SSSR count). The SMILES string of the molecule is Cn1cnc(N(c2[c-]c3c(cc2)oc2ccc(N(c4ccccc4)c4cn(C)cn4)[c-]c23)c2ccccc2)c1.[Pt+2]. The number of hydrogen-bond acceptors (Lipinski definition) is 5. The number of para-hydroxylation sites is 2. The minimum atomic E-state index is 0. The van der Waals surface area contributed by atoms with E-state index in [1.165, 1.54) is 0 Å². The summed E-state index contributed by atoms with van der Waals surface area (Å²) < 4.78 is 10.1. The number of rotatable bonds is 6. The summed E-state index contributed by atoms with van der Waals surface area (Å²) in [6.45, 7) is 0. The first-order valence-corrected chi connectivity index (χ1v) is 12.6. The van der Waals surface area contributed by atoms with Crippen molar-refractivity contribution in [2.75, 3.05) is 9.80 Å². The summed E-state index contributed by atoms with van der Waals surface area (Å²) in [7, 11) is 3.93. The first kappa shape index (κ1) is 25.7. The van der Waals surface area contributed by atoms with Gasteiger partial charge in [-0.3, -0.25) is 0 Å². The molecule has 4 aromatic carbocycles. The molecule has 7 aromatic rings. The third-order valence-electron chi connectivity index (χ3n) is 6.61. The Kier molecular flexibility index (Phi) is 6.74. The quantitative estimate of drug-likeness (QED) is 0.167. The first-order chi connectivity index (χ1) is 19.1. The second-order valence-corrected chi connectivity index (χ2v) is 9.40. The Morgan fingerprint density at radius 2 is 1.02 bits per heavy atom. The van der Waals surface area contributed by atoms with Crippen LogP contribution in [0.4, 0.5) is 34.4 Å². The molecule has 7 nitrogen and oxygen atoms in total. The predicted molar refractivity (Wildman–Crippen MR) is 154 cm³/mol. The van der Waals surface area contributed by atoms with Gasteiger partial charge < -0.3 is 23.4 Å². The van der Waals surface area contributed by atoms with E-state index in [-0.39, 0.29) is 21.1 Å². The number of fused-ring (bicyclic) bond motifs is 3. The van der Waals surface area contributed by atoms with Crippen molar-refractivity contribution in [3.63, 3.8) is 0 Å². The predicted octanol–water partition coefficient (Wildman–Crippen LogP) is 7.59. The van der Waals surface area contributed by atoms with Crippen molar-refractivity contribution in [1.82, 2.24) is 19.1 Å². The van der Waals surface area contributed by atoms with Gasteiger partial charge in [0.1, 0.15) is 0 Å². The molecule has 0 unspecified atom stereocenters. The van der Waals surface area contributed by atoms with Gasteiger partial charge in [-0.1, -0.05) is 36.4 Å². The molecule has 0 aliphatic carbocycles. The number of furan rings is 1. The van der Waals surface area contributed by atoms with Crippen LogP contribution in [0.3, 0.4) is 0 Å². The van der Waals surface area contributed by atoms with Crippen LogP contribution in [0.25, 0.3) is 21.9 Å². The fourth-order valence-electron chi connectivity index (χ4n) is 4.83. The minimum absolute atomic E-state index is 0. The standard InChI is InChI=1S/C32H24N6O.Pt/c1-35-19-31(33-21-35)37(23-9-5-3-6-10-23)25-13-15-29-27(17-25)28-18-26(14-16-30(28)39-29)38(24-11-7-4-8-12-24)32-20-36(2)22-34-32;/h3-16,19-22H,1-2H3;/q-2;+2. The Balaban J connectivity index is 0.00000289. The molecule has 0 N–H and O–H groups in total. The van der Waals surface area contributed by atoms with Crippen LogP contribution < -0.4 is 9.80 Å². The van der Waals surface area contributed by atoms with Crippen molar-refractivity contribution in [1.29, 1.82) is 0 Å². The molecule has 8 heteroatoms. The third kappa shape index (κ3) is 4.59. The summed E-state index contributed by atoms with van der Waals surface area (Å²) in [5, 5.41) is 1.71. The molecule has 0 amide bonds. The van der Waals surface area contributed by atoms with Gasteiger partial charge in [-0.2, -0.15) is 22.9 Å². The average molecular weight is 704 g/mol. The molecule has 3 heterocycles. The molecular formula is C32H24N6OPt. The van der Waals surface area contributed by atoms with Gasteiger partial charge in [-0.15, -0.1) is 24.3 Å². The van der Waals surface area contributed by atoms with Gasteiger partial charge in [0.15, 0.2) is 11.6 Å². The molecule has 0 aliphatic rings. The molecule has 0 saturated heterocycles. The molecule has 0 aliphatic heterocycles. The summed E-state index contributed by atoms with van der Waals surface area (Å²) >= 11 is 0. The largest absolute Gasteiger partial charge is 2.00 e. The Morgan fingerprint density at radius 3 is 1.40 bits per heavy atom. The van der Waals surface area contributed by atoms with Crippen LogP contribution in [0.15, 0.2) is 114 Å². The van der Waals surface area contributed by atoms with Crippen LogP contribution >= 0.6 is 0 Å². The van der Waals surface area contributed by atoms with Crippen molar-refractivity contribution in [2.24, 2.45) is 14.1 Å². The van der Waals surface area contributed by atoms with Gasteiger partial charge in [0, 0.05) is 37.9 Å².